The van der Waals surface area contributed by atoms with Gasteiger partial charge < -0.3 is 9.32 Å². The fourth-order valence-corrected chi connectivity index (χ4v) is 9.94. The van der Waals surface area contributed by atoms with E-state index >= 15 is 0 Å². The lowest BCUT2D eigenvalue weighted by Gasteiger charge is -2.46. The molecule has 7 aromatic rings. The van der Waals surface area contributed by atoms with Gasteiger partial charge in [-0.05, 0) is 92.5 Å². The predicted molar refractivity (Wildman–Crippen MR) is 192 cm³/mol. The fourth-order valence-electron chi connectivity index (χ4n) is 8.77. The predicted octanol–water partition coefficient (Wildman–Crippen LogP) is 12.2. The summed E-state index contributed by atoms with van der Waals surface area (Å²) in [4.78, 5) is 2.93. The number of hydrogen-bond donors (Lipinski definition) is 0. The zero-order valence-corrected chi connectivity index (χ0v) is 26.5. The first-order valence-electron chi connectivity index (χ1n) is 17.0. The number of anilines is 1. The van der Waals surface area contributed by atoms with Crippen LogP contribution in [-0.2, 0) is 0 Å². The van der Waals surface area contributed by atoms with Gasteiger partial charge in [-0.2, -0.15) is 0 Å². The largest absolute Gasteiger partial charge is 0.454 e. The zero-order chi connectivity index (χ0) is 29.7. The summed E-state index contributed by atoms with van der Waals surface area (Å²) in [6.45, 7) is 0. The van der Waals surface area contributed by atoms with Gasteiger partial charge in [-0.1, -0.05) is 97.1 Å². The zero-order valence-electron chi connectivity index (χ0n) is 25.7. The van der Waals surface area contributed by atoms with Gasteiger partial charge in [0.15, 0.2) is 5.58 Å². The lowest BCUT2D eigenvalue weighted by Crippen LogP contribution is -2.46. The highest BCUT2D eigenvalue weighted by atomic mass is 32.1. The van der Waals surface area contributed by atoms with Crippen LogP contribution in [0.3, 0.4) is 0 Å². The number of furan rings is 1. The third-order valence-corrected chi connectivity index (χ3v) is 12.2. The van der Waals surface area contributed by atoms with Gasteiger partial charge in [0.05, 0.1) is 10.1 Å². The van der Waals surface area contributed by atoms with Crippen molar-refractivity contribution in [1.29, 1.82) is 0 Å². The number of nitrogens with zero attached hydrogens (tertiary/aromatic N) is 1. The molecule has 2 fully saturated rings. The van der Waals surface area contributed by atoms with Crippen LogP contribution in [0.15, 0.2) is 120 Å². The number of fused-ring (bicyclic) bond motifs is 7. The molecule has 0 aliphatic heterocycles. The van der Waals surface area contributed by atoms with E-state index in [1.807, 2.05) is 11.3 Å². The Hall–Kier alpha value is -4.08. The minimum absolute atomic E-state index is 0.530. The van der Waals surface area contributed by atoms with Crippen molar-refractivity contribution in [3.05, 3.63) is 126 Å². The van der Waals surface area contributed by atoms with Crippen LogP contribution < -0.4 is 4.90 Å². The van der Waals surface area contributed by atoms with Crippen LogP contribution in [0.5, 0.6) is 0 Å². The van der Waals surface area contributed by atoms with Crippen molar-refractivity contribution in [3.8, 4) is 0 Å². The Labute approximate surface area is 269 Å². The van der Waals surface area contributed by atoms with E-state index in [2.05, 4.69) is 120 Å². The highest BCUT2D eigenvalue weighted by molar-refractivity contribution is 7.26. The topological polar surface area (TPSA) is 16.4 Å². The van der Waals surface area contributed by atoms with Crippen LogP contribution >= 0.6 is 11.3 Å². The Balaban J connectivity index is 1.18. The molecule has 2 nitrogen and oxygen atoms in total. The van der Waals surface area contributed by atoms with Gasteiger partial charge in [0.1, 0.15) is 5.58 Å². The molecule has 0 radical (unpaired) electrons. The van der Waals surface area contributed by atoms with Gasteiger partial charge in [-0.15, -0.1) is 11.3 Å². The molecule has 45 heavy (non-hydrogen) atoms. The normalized spacial score (nSPS) is 22.4. The number of benzene rings is 5. The molecular weight excluding hydrogens is 567 g/mol. The van der Waals surface area contributed by atoms with E-state index < -0.39 is 0 Å². The summed E-state index contributed by atoms with van der Waals surface area (Å²) in [5.74, 6) is 1.33. The van der Waals surface area contributed by atoms with Crippen LogP contribution in [-0.4, -0.2) is 12.1 Å². The molecule has 0 unspecified atom stereocenters. The van der Waals surface area contributed by atoms with Crippen molar-refractivity contribution in [2.75, 3.05) is 4.90 Å². The van der Waals surface area contributed by atoms with Crippen molar-refractivity contribution in [1.82, 2.24) is 0 Å². The molecule has 0 bridgehead atoms. The Morgan fingerprint density at radius 2 is 1.07 bits per heavy atom. The average molecular weight is 606 g/mol. The fraction of sp³-hybridized carbons (Fsp3) is 0.286. The minimum atomic E-state index is 0.530. The summed E-state index contributed by atoms with van der Waals surface area (Å²) in [6, 6.07) is 43.7. The maximum atomic E-state index is 6.79. The molecule has 0 amide bonds. The van der Waals surface area contributed by atoms with E-state index in [4.69, 9.17) is 4.42 Å². The van der Waals surface area contributed by atoms with E-state index in [0.717, 1.165) is 11.2 Å². The monoisotopic (exact) mass is 605 g/mol. The van der Waals surface area contributed by atoms with E-state index in [1.54, 1.807) is 0 Å². The van der Waals surface area contributed by atoms with Crippen LogP contribution in [0.1, 0.15) is 74.3 Å². The summed E-state index contributed by atoms with van der Waals surface area (Å²) in [7, 11) is 0. The second kappa shape index (κ2) is 11.4. The van der Waals surface area contributed by atoms with Crippen molar-refractivity contribution < 1.29 is 4.42 Å². The summed E-state index contributed by atoms with van der Waals surface area (Å²) in [5.41, 5.74) is 6.50. The number of para-hydroxylation sites is 1. The van der Waals surface area contributed by atoms with Crippen molar-refractivity contribution in [2.45, 2.75) is 75.3 Å². The maximum absolute atomic E-state index is 6.79. The molecule has 0 spiro atoms. The first kappa shape index (κ1) is 27.2. The molecule has 0 saturated heterocycles. The highest BCUT2D eigenvalue weighted by Crippen LogP contribution is 2.49. The lowest BCUT2D eigenvalue weighted by molar-refractivity contribution is 0.311. The second-order valence-corrected chi connectivity index (χ2v) is 14.5. The quantitative estimate of drug-likeness (QED) is 0.194. The molecule has 2 heterocycles. The standard InChI is InChI=1S/C42H39NOS/c1-3-11-28(12-4-1)30-19-23-32(24-20-30)43(33-25-21-31(22-26-33)29-13-5-2-6-14-29)37-27-36-34-15-8-10-18-39(34)45-42(36)41-40(37)35-16-7-9-17-38(35)44-41/h1-18,27,30-33H,19-26H2. The Morgan fingerprint density at radius 3 is 1.69 bits per heavy atom. The first-order chi connectivity index (χ1) is 22.3. The van der Waals surface area contributed by atoms with Crippen LogP contribution in [0.25, 0.3) is 42.1 Å². The Morgan fingerprint density at radius 1 is 0.533 bits per heavy atom. The summed E-state index contributed by atoms with van der Waals surface area (Å²) in [6.07, 6.45) is 9.95. The molecule has 3 heteroatoms. The molecule has 5 aromatic carbocycles. The van der Waals surface area contributed by atoms with E-state index in [-0.39, 0.29) is 0 Å². The second-order valence-electron chi connectivity index (χ2n) is 13.4. The average Bonchev–Trinajstić information content (AvgIpc) is 3.69. The number of hydrogen-bond acceptors (Lipinski definition) is 3. The van der Waals surface area contributed by atoms with Crippen LogP contribution in [0.4, 0.5) is 5.69 Å². The number of thiophene rings is 1. The van der Waals surface area contributed by atoms with Gasteiger partial charge in [0.2, 0.25) is 0 Å². The number of rotatable bonds is 5. The third kappa shape index (κ3) is 4.75. The molecule has 2 aliphatic rings. The molecule has 2 aromatic heterocycles. The summed E-state index contributed by atoms with van der Waals surface area (Å²) < 4.78 is 9.42. The van der Waals surface area contributed by atoms with Crippen LogP contribution in [0, 0.1) is 0 Å². The Kier molecular flexibility index (Phi) is 6.89. The van der Waals surface area contributed by atoms with Gasteiger partial charge in [0, 0.05) is 38.6 Å². The Bertz CT molecular complexity index is 2030. The van der Waals surface area contributed by atoms with Crippen molar-refractivity contribution in [2.24, 2.45) is 0 Å². The lowest BCUT2D eigenvalue weighted by atomic mass is 9.78. The molecular formula is C42H39NOS. The van der Waals surface area contributed by atoms with Crippen molar-refractivity contribution >= 4 is 59.1 Å². The maximum Gasteiger partial charge on any atom is 0.155 e. The van der Waals surface area contributed by atoms with Crippen molar-refractivity contribution in [3.63, 3.8) is 0 Å². The van der Waals surface area contributed by atoms with Gasteiger partial charge >= 0.3 is 0 Å². The van der Waals surface area contributed by atoms with E-state index in [0.29, 0.717) is 23.9 Å². The van der Waals surface area contributed by atoms with Gasteiger partial charge in [0.25, 0.3) is 0 Å². The molecule has 224 valence electrons. The third-order valence-electron chi connectivity index (χ3n) is 11.0. The van der Waals surface area contributed by atoms with Gasteiger partial charge in [-0.25, -0.2) is 0 Å². The molecule has 2 aliphatic carbocycles. The SMILES string of the molecule is c1ccc(C2CCC(N(c3cc4c5ccccc5sc4c4oc5ccccc5c34)C3CCC(c4ccccc4)CC3)CC2)cc1. The summed E-state index contributed by atoms with van der Waals surface area (Å²) >= 11 is 1.88. The summed E-state index contributed by atoms with van der Waals surface area (Å²) in [5, 5.41) is 5.27. The van der Waals surface area contributed by atoms with E-state index in [9.17, 15) is 0 Å². The molecule has 0 N–H and O–H groups in total. The minimum Gasteiger partial charge on any atom is -0.454 e. The molecule has 0 atom stereocenters. The smallest absolute Gasteiger partial charge is 0.155 e. The highest BCUT2D eigenvalue weighted by Gasteiger charge is 2.36. The molecule has 9 rings (SSSR count). The van der Waals surface area contributed by atoms with E-state index in [1.165, 1.54) is 99.1 Å². The van der Waals surface area contributed by atoms with Crippen LogP contribution in [0.2, 0.25) is 0 Å². The molecule has 2 saturated carbocycles. The van der Waals surface area contributed by atoms with Gasteiger partial charge in [-0.3, -0.25) is 0 Å². The first-order valence-corrected chi connectivity index (χ1v) is 17.8.